The van der Waals surface area contributed by atoms with Crippen LogP contribution in [0.5, 0.6) is 0 Å². The van der Waals surface area contributed by atoms with E-state index in [-0.39, 0.29) is 13.1 Å². The molecule has 0 saturated carbocycles. The van der Waals surface area contributed by atoms with Gasteiger partial charge < -0.3 is 15.7 Å². The standard InChI is InChI=1S/C13H17FN2O3/c1-13(2,11(17)18)8-16-12(19)15-7-9-5-3-4-6-10(9)14/h3-6H,7-8H2,1-2H3,(H,17,18)(H2,15,16,19). The Morgan fingerprint density at radius 1 is 1.26 bits per heavy atom. The predicted octanol–water partition coefficient (Wildman–Crippen LogP) is 1.74. The summed E-state index contributed by atoms with van der Waals surface area (Å²) in [7, 11) is 0. The molecule has 19 heavy (non-hydrogen) atoms. The lowest BCUT2D eigenvalue weighted by molar-refractivity contribution is -0.146. The van der Waals surface area contributed by atoms with Crippen molar-refractivity contribution in [2.45, 2.75) is 20.4 Å². The van der Waals surface area contributed by atoms with Gasteiger partial charge in [-0.3, -0.25) is 4.79 Å². The summed E-state index contributed by atoms with van der Waals surface area (Å²) in [5, 5.41) is 13.8. The maximum absolute atomic E-state index is 13.3. The van der Waals surface area contributed by atoms with Crippen molar-refractivity contribution in [1.29, 1.82) is 0 Å². The third-order valence-electron chi connectivity index (χ3n) is 2.67. The zero-order valence-electron chi connectivity index (χ0n) is 10.9. The number of benzene rings is 1. The number of nitrogens with one attached hydrogen (secondary N) is 2. The molecule has 0 atom stereocenters. The van der Waals surface area contributed by atoms with E-state index < -0.39 is 23.2 Å². The summed E-state index contributed by atoms with van der Waals surface area (Å²) in [6.07, 6.45) is 0. The molecule has 0 bridgehead atoms. The lowest BCUT2D eigenvalue weighted by Crippen LogP contribution is -2.43. The first-order valence-electron chi connectivity index (χ1n) is 5.81. The van der Waals surface area contributed by atoms with Crippen molar-refractivity contribution in [3.05, 3.63) is 35.6 Å². The molecule has 0 fully saturated rings. The van der Waals surface area contributed by atoms with Crippen LogP contribution in [0.15, 0.2) is 24.3 Å². The van der Waals surface area contributed by atoms with E-state index in [0.29, 0.717) is 5.56 Å². The Hall–Kier alpha value is -2.11. The number of carbonyl (C=O) groups is 2. The van der Waals surface area contributed by atoms with Crippen LogP contribution in [0, 0.1) is 11.2 Å². The van der Waals surface area contributed by atoms with Gasteiger partial charge in [-0.05, 0) is 19.9 Å². The molecule has 0 unspecified atom stereocenters. The topological polar surface area (TPSA) is 78.4 Å². The highest BCUT2D eigenvalue weighted by Crippen LogP contribution is 2.12. The average molecular weight is 268 g/mol. The van der Waals surface area contributed by atoms with Crippen LogP contribution in [-0.4, -0.2) is 23.7 Å². The Balaban J connectivity index is 2.41. The first kappa shape index (κ1) is 14.9. The molecule has 6 heteroatoms. The molecular weight excluding hydrogens is 251 g/mol. The molecule has 1 aromatic carbocycles. The third-order valence-corrected chi connectivity index (χ3v) is 2.67. The number of carbonyl (C=O) groups excluding carboxylic acids is 1. The van der Waals surface area contributed by atoms with Gasteiger partial charge in [0.2, 0.25) is 0 Å². The summed E-state index contributed by atoms with van der Waals surface area (Å²) in [5.41, 5.74) is -0.676. The number of amides is 2. The van der Waals surface area contributed by atoms with Crippen molar-refractivity contribution >= 4 is 12.0 Å². The molecule has 0 spiro atoms. The molecule has 0 saturated heterocycles. The number of hydrogen-bond donors (Lipinski definition) is 3. The second-order valence-corrected chi connectivity index (χ2v) is 4.82. The molecule has 5 nitrogen and oxygen atoms in total. The van der Waals surface area contributed by atoms with Gasteiger partial charge in [0.15, 0.2) is 0 Å². The van der Waals surface area contributed by atoms with Crippen LogP contribution in [0.1, 0.15) is 19.4 Å². The van der Waals surface area contributed by atoms with Crippen LogP contribution in [0.3, 0.4) is 0 Å². The predicted molar refractivity (Wildman–Crippen MR) is 68.1 cm³/mol. The van der Waals surface area contributed by atoms with Crippen molar-refractivity contribution < 1.29 is 19.1 Å². The number of rotatable bonds is 5. The summed E-state index contributed by atoms with van der Waals surface area (Å²) in [5.74, 6) is -1.39. The number of halogens is 1. The van der Waals surface area contributed by atoms with Crippen molar-refractivity contribution in [1.82, 2.24) is 10.6 Å². The molecule has 2 amide bonds. The van der Waals surface area contributed by atoms with Gasteiger partial charge in [0.05, 0.1) is 5.41 Å². The molecule has 1 aromatic rings. The second-order valence-electron chi connectivity index (χ2n) is 4.82. The van der Waals surface area contributed by atoms with E-state index in [4.69, 9.17) is 5.11 Å². The molecule has 1 rings (SSSR count). The molecular formula is C13H17FN2O3. The highest BCUT2D eigenvalue weighted by atomic mass is 19.1. The largest absolute Gasteiger partial charge is 0.481 e. The van der Waals surface area contributed by atoms with Crippen LogP contribution < -0.4 is 10.6 Å². The Bertz CT molecular complexity index is 475. The van der Waals surface area contributed by atoms with Crippen molar-refractivity contribution in [2.75, 3.05) is 6.54 Å². The maximum atomic E-state index is 13.3. The van der Waals surface area contributed by atoms with Crippen LogP contribution in [-0.2, 0) is 11.3 Å². The Kier molecular flexibility index (Phi) is 4.86. The van der Waals surface area contributed by atoms with Crippen molar-refractivity contribution in [3.63, 3.8) is 0 Å². The zero-order valence-corrected chi connectivity index (χ0v) is 10.9. The Morgan fingerprint density at radius 2 is 1.89 bits per heavy atom. The lowest BCUT2D eigenvalue weighted by atomic mass is 9.94. The number of carboxylic acids is 1. The van der Waals surface area contributed by atoms with E-state index in [2.05, 4.69) is 10.6 Å². The summed E-state index contributed by atoms with van der Waals surface area (Å²) < 4.78 is 13.3. The molecule has 0 aliphatic rings. The highest BCUT2D eigenvalue weighted by molar-refractivity contribution is 5.77. The van der Waals surface area contributed by atoms with Crippen LogP contribution in [0.25, 0.3) is 0 Å². The molecule has 104 valence electrons. The van der Waals surface area contributed by atoms with Crippen LogP contribution in [0.4, 0.5) is 9.18 Å². The molecule has 0 radical (unpaired) electrons. The summed E-state index contributed by atoms with van der Waals surface area (Å²) in [6.45, 7) is 3.05. The SMILES string of the molecule is CC(C)(CNC(=O)NCc1ccccc1F)C(=O)O. The molecule has 0 aromatic heterocycles. The fourth-order valence-corrected chi connectivity index (χ4v) is 1.26. The fourth-order valence-electron chi connectivity index (χ4n) is 1.26. The van der Waals surface area contributed by atoms with E-state index in [1.807, 2.05) is 0 Å². The van der Waals surface area contributed by atoms with Crippen molar-refractivity contribution in [3.8, 4) is 0 Å². The highest BCUT2D eigenvalue weighted by Gasteiger charge is 2.27. The van der Waals surface area contributed by atoms with Gasteiger partial charge in [-0.2, -0.15) is 0 Å². The van der Waals surface area contributed by atoms with Crippen LogP contribution in [0.2, 0.25) is 0 Å². The minimum atomic E-state index is -1.05. The van der Waals surface area contributed by atoms with Gasteiger partial charge in [-0.15, -0.1) is 0 Å². The first-order valence-corrected chi connectivity index (χ1v) is 5.81. The van der Waals surface area contributed by atoms with E-state index >= 15 is 0 Å². The van der Waals surface area contributed by atoms with Gasteiger partial charge in [0.25, 0.3) is 0 Å². The zero-order chi connectivity index (χ0) is 14.5. The van der Waals surface area contributed by atoms with Gasteiger partial charge in [-0.1, -0.05) is 18.2 Å². The number of urea groups is 1. The lowest BCUT2D eigenvalue weighted by Gasteiger charge is -2.19. The Morgan fingerprint density at radius 3 is 2.47 bits per heavy atom. The normalized spacial score (nSPS) is 10.9. The summed E-state index contributed by atoms with van der Waals surface area (Å²) in [6, 6.07) is 5.58. The molecule has 0 heterocycles. The summed E-state index contributed by atoms with van der Waals surface area (Å²) >= 11 is 0. The van der Waals surface area contributed by atoms with Crippen LogP contribution >= 0.6 is 0 Å². The first-order chi connectivity index (χ1) is 8.83. The molecule has 0 aliphatic heterocycles. The monoisotopic (exact) mass is 268 g/mol. The quantitative estimate of drug-likeness (QED) is 0.761. The Labute approximate surface area is 110 Å². The van der Waals surface area contributed by atoms with E-state index in [9.17, 15) is 14.0 Å². The van der Waals surface area contributed by atoms with E-state index in [1.54, 1.807) is 18.2 Å². The summed E-state index contributed by atoms with van der Waals surface area (Å²) in [4.78, 5) is 22.3. The van der Waals surface area contributed by atoms with Gasteiger partial charge in [0.1, 0.15) is 5.82 Å². The van der Waals surface area contributed by atoms with Gasteiger partial charge >= 0.3 is 12.0 Å². The minimum Gasteiger partial charge on any atom is -0.481 e. The van der Waals surface area contributed by atoms with E-state index in [0.717, 1.165) is 0 Å². The smallest absolute Gasteiger partial charge is 0.315 e. The molecule has 3 N–H and O–H groups in total. The van der Waals surface area contributed by atoms with Gasteiger partial charge in [0, 0.05) is 18.7 Å². The number of aliphatic carboxylic acids is 1. The van der Waals surface area contributed by atoms with Gasteiger partial charge in [-0.25, -0.2) is 9.18 Å². The maximum Gasteiger partial charge on any atom is 0.315 e. The average Bonchev–Trinajstić information content (AvgIpc) is 2.35. The van der Waals surface area contributed by atoms with Crippen molar-refractivity contribution in [2.24, 2.45) is 5.41 Å². The number of carboxylic acid groups (broad SMARTS) is 1. The van der Waals surface area contributed by atoms with E-state index in [1.165, 1.54) is 19.9 Å². The second kappa shape index (κ2) is 6.17. The molecule has 0 aliphatic carbocycles. The third kappa shape index (κ3) is 4.57. The number of hydrogen-bond acceptors (Lipinski definition) is 2. The fraction of sp³-hybridized carbons (Fsp3) is 0.385. The minimum absolute atomic E-state index is 0.00849.